The van der Waals surface area contributed by atoms with Crippen LogP contribution in [0.25, 0.3) is 0 Å². The number of nitrogens with one attached hydrogen (secondary N) is 1. The average molecular weight is 384 g/mol. The molecule has 4 nitrogen and oxygen atoms in total. The molecule has 0 aromatic heterocycles. The molecule has 0 unspecified atom stereocenters. The standard InChI is InChI=1S/C19H25N3O.2ClH/c1-3-22(2)18-12-10-16(11-13-18)5-4-15-6-8-17(9-7-15)14-19(23)21-20;;/h6-13H,3-5,14,20H2,1-2H3,(H,21,23);2*1H. The number of carbonyl (C=O) groups is 1. The van der Waals surface area contributed by atoms with Gasteiger partial charge in [-0.25, -0.2) is 5.84 Å². The van der Waals surface area contributed by atoms with Crippen LogP contribution in [-0.4, -0.2) is 19.5 Å². The van der Waals surface area contributed by atoms with Crippen molar-refractivity contribution in [2.24, 2.45) is 5.84 Å². The minimum atomic E-state index is -0.171. The number of nitrogens with zero attached hydrogens (tertiary/aromatic N) is 1. The lowest BCUT2D eigenvalue weighted by Gasteiger charge is -2.16. The van der Waals surface area contributed by atoms with Gasteiger partial charge in [0.15, 0.2) is 0 Å². The van der Waals surface area contributed by atoms with Crippen molar-refractivity contribution in [3.63, 3.8) is 0 Å². The third kappa shape index (κ3) is 7.34. The molecule has 0 heterocycles. The predicted molar refractivity (Wildman–Crippen MR) is 110 cm³/mol. The number of rotatable bonds is 7. The quantitative estimate of drug-likeness (QED) is 0.438. The summed E-state index contributed by atoms with van der Waals surface area (Å²) in [5, 5.41) is 0. The van der Waals surface area contributed by atoms with E-state index >= 15 is 0 Å². The smallest absolute Gasteiger partial charge is 0.238 e. The highest BCUT2D eigenvalue weighted by Gasteiger charge is 2.02. The van der Waals surface area contributed by atoms with E-state index in [1.165, 1.54) is 16.8 Å². The third-order valence-corrected chi connectivity index (χ3v) is 4.10. The van der Waals surface area contributed by atoms with Crippen LogP contribution in [-0.2, 0) is 24.1 Å². The number of carbonyl (C=O) groups excluding carboxylic acids is 1. The number of anilines is 1. The topological polar surface area (TPSA) is 58.4 Å². The predicted octanol–water partition coefficient (Wildman–Crippen LogP) is 3.30. The molecule has 0 fully saturated rings. The van der Waals surface area contributed by atoms with Crippen LogP contribution in [0.1, 0.15) is 23.6 Å². The van der Waals surface area contributed by atoms with Gasteiger partial charge in [0.05, 0.1) is 6.42 Å². The summed E-state index contributed by atoms with van der Waals surface area (Å²) in [5.74, 6) is 4.93. The van der Waals surface area contributed by atoms with Gasteiger partial charge in [-0.1, -0.05) is 36.4 Å². The number of nitrogens with two attached hydrogens (primary N) is 1. The zero-order valence-electron chi connectivity index (χ0n) is 14.7. The molecule has 0 saturated carbocycles. The second-order valence-electron chi connectivity index (χ2n) is 5.74. The summed E-state index contributed by atoms with van der Waals surface area (Å²) in [6.07, 6.45) is 2.33. The van der Waals surface area contributed by atoms with Crippen LogP contribution >= 0.6 is 24.8 Å². The van der Waals surface area contributed by atoms with Gasteiger partial charge < -0.3 is 4.90 Å². The highest BCUT2D eigenvalue weighted by atomic mass is 35.5. The van der Waals surface area contributed by atoms with Crippen molar-refractivity contribution in [1.82, 2.24) is 5.43 Å². The summed E-state index contributed by atoms with van der Waals surface area (Å²) in [6.45, 7) is 3.16. The van der Waals surface area contributed by atoms with Gasteiger partial charge in [0.1, 0.15) is 0 Å². The van der Waals surface area contributed by atoms with Gasteiger partial charge in [0.2, 0.25) is 5.91 Å². The second-order valence-corrected chi connectivity index (χ2v) is 5.74. The zero-order valence-corrected chi connectivity index (χ0v) is 16.3. The SMILES string of the molecule is CCN(C)c1ccc(CCc2ccc(CC(=O)NN)cc2)cc1.Cl.Cl. The Bertz CT molecular complexity index is 630. The summed E-state index contributed by atoms with van der Waals surface area (Å²) in [4.78, 5) is 13.5. The number of hydrazine groups is 1. The van der Waals surface area contributed by atoms with Crippen LogP contribution in [0.4, 0.5) is 5.69 Å². The third-order valence-electron chi connectivity index (χ3n) is 4.10. The molecular weight excluding hydrogens is 357 g/mol. The van der Waals surface area contributed by atoms with Gasteiger partial charge in [0.25, 0.3) is 0 Å². The molecule has 0 bridgehead atoms. The number of halogens is 2. The normalized spacial score (nSPS) is 9.56. The molecule has 0 saturated heterocycles. The summed E-state index contributed by atoms with van der Waals surface area (Å²) in [6, 6.07) is 16.9. The number of benzene rings is 2. The fraction of sp³-hybridized carbons (Fsp3) is 0.316. The first-order valence-corrected chi connectivity index (χ1v) is 7.99. The monoisotopic (exact) mass is 383 g/mol. The fourth-order valence-electron chi connectivity index (χ4n) is 2.45. The molecule has 3 N–H and O–H groups in total. The largest absolute Gasteiger partial charge is 0.375 e. The highest BCUT2D eigenvalue weighted by Crippen LogP contribution is 2.15. The summed E-state index contributed by atoms with van der Waals surface area (Å²) in [5.41, 5.74) is 6.99. The van der Waals surface area contributed by atoms with Crippen molar-refractivity contribution in [2.45, 2.75) is 26.2 Å². The van der Waals surface area contributed by atoms with Gasteiger partial charge in [-0.3, -0.25) is 10.2 Å². The highest BCUT2D eigenvalue weighted by molar-refractivity contribution is 5.85. The van der Waals surface area contributed by atoms with Crippen molar-refractivity contribution in [3.8, 4) is 0 Å². The Balaban J connectivity index is 0.00000288. The van der Waals surface area contributed by atoms with E-state index in [4.69, 9.17) is 5.84 Å². The molecule has 138 valence electrons. The first kappa shape index (κ1) is 23.2. The number of hydrogen-bond donors (Lipinski definition) is 2. The summed E-state index contributed by atoms with van der Waals surface area (Å²) in [7, 11) is 2.10. The van der Waals surface area contributed by atoms with Crippen LogP contribution < -0.4 is 16.2 Å². The lowest BCUT2D eigenvalue weighted by molar-refractivity contribution is -0.120. The molecule has 2 aromatic carbocycles. The Morgan fingerprint density at radius 1 is 0.920 bits per heavy atom. The Morgan fingerprint density at radius 2 is 1.36 bits per heavy atom. The van der Waals surface area contributed by atoms with Crippen molar-refractivity contribution in [3.05, 3.63) is 65.2 Å². The summed E-state index contributed by atoms with van der Waals surface area (Å²) < 4.78 is 0. The van der Waals surface area contributed by atoms with E-state index in [0.29, 0.717) is 6.42 Å². The van der Waals surface area contributed by atoms with E-state index in [2.05, 4.69) is 60.7 Å². The van der Waals surface area contributed by atoms with E-state index in [-0.39, 0.29) is 30.7 Å². The second kappa shape index (κ2) is 11.7. The maximum Gasteiger partial charge on any atom is 0.238 e. The molecule has 6 heteroatoms. The average Bonchev–Trinajstić information content (AvgIpc) is 2.60. The molecule has 0 aliphatic rings. The van der Waals surface area contributed by atoms with Crippen molar-refractivity contribution < 1.29 is 4.79 Å². The lowest BCUT2D eigenvalue weighted by atomic mass is 10.0. The van der Waals surface area contributed by atoms with Crippen LogP contribution in [0.2, 0.25) is 0 Å². The lowest BCUT2D eigenvalue weighted by Crippen LogP contribution is -2.31. The number of hydrogen-bond acceptors (Lipinski definition) is 3. The Hall–Kier alpha value is -1.75. The van der Waals surface area contributed by atoms with Gasteiger partial charge in [-0.05, 0) is 48.6 Å². The van der Waals surface area contributed by atoms with Crippen molar-refractivity contribution in [2.75, 3.05) is 18.5 Å². The van der Waals surface area contributed by atoms with E-state index in [0.717, 1.165) is 24.9 Å². The minimum absolute atomic E-state index is 0. The first-order chi connectivity index (χ1) is 11.1. The number of amides is 1. The van der Waals surface area contributed by atoms with Gasteiger partial charge in [-0.2, -0.15) is 0 Å². The molecule has 0 spiro atoms. The van der Waals surface area contributed by atoms with E-state index in [1.807, 2.05) is 12.1 Å². The van der Waals surface area contributed by atoms with Gasteiger partial charge >= 0.3 is 0 Å². The van der Waals surface area contributed by atoms with E-state index < -0.39 is 0 Å². The van der Waals surface area contributed by atoms with Crippen molar-refractivity contribution >= 4 is 36.4 Å². The maximum absolute atomic E-state index is 11.2. The Morgan fingerprint density at radius 3 is 1.80 bits per heavy atom. The molecule has 2 aromatic rings. The molecular formula is C19H27Cl2N3O. The molecule has 2 rings (SSSR count). The Labute approximate surface area is 162 Å². The molecule has 25 heavy (non-hydrogen) atoms. The van der Waals surface area contributed by atoms with Crippen LogP contribution in [0.15, 0.2) is 48.5 Å². The maximum atomic E-state index is 11.2. The fourth-order valence-corrected chi connectivity index (χ4v) is 2.45. The molecule has 0 aliphatic heterocycles. The van der Waals surface area contributed by atoms with E-state index in [9.17, 15) is 4.79 Å². The van der Waals surface area contributed by atoms with Crippen molar-refractivity contribution in [1.29, 1.82) is 0 Å². The summed E-state index contributed by atoms with van der Waals surface area (Å²) >= 11 is 0. The molecule has 0 radical (unpaired) electrons. The molecule has 1 amide bonds. The van der Waals surface area contributed by atoms with Gasteiger partial charge in [-0.15, -0.1) is 24.8 Å². The number of aryl methyl sites for hydroxylation is 2. The molecule has 0 aliphatic carbocycles. The van der Waals surface area contributed by atoms with Crippen LogP contribution in [0, 0.1) is 0 Å². The Kier molecular flexibility index (Phi) is 10.9. The molecule has 0 atom stereocenters. The minimum Gasteiger partial charge on any atom is -0.375 e. The van der Waals surface area contributed by atoms with E-state index in [1.54, 1.807) is 0 Å². The van der Waals surface area contributed by atoms with Crippen LogP contribution in [0.3, 0.4) is 0 Å². The van der Waals surface area contributed by atoms with Gasteiger partial charge in [0, 0.05) is 19.3 Å². The van der Waals surface area contributed by atoms with Crippen LogP contribution in [0.5, 0.6) is 0 Å². The first-order valence-electron chi connectivity index (χ1n) is 7.99. The zero-order chi connectivity index (χ0) is 16.7.